The van der Waals surface area contributed by atoms with Gasteiger partial charge in [-0.1, -0.05) is 36.7 Å². The third kappa shape index (κ3) is 7.36. The first-order valence-corrected chi connectivity index (χ1v) is 22.5. The molecule has 54 heavy (non-hydrogen) atoms. The van der Waals surface area contributed by atoms with Crippen molar-refractivity contribution in [3.8, 4) is 5.75 Å². The van der Waals surface area contributed by atoms with Crippen molar-refractivity contribution in [3.63, 3.8) is 0 Å². The molecule has 2 aliphatic carbocycles. The summed E-state index contributed by atoms with van der Waals surface area (Å²) in [7, 11) is -2.96. The summed E-state index contributed by atoms with van der Waals surface area (Å²) < 4.78 is 36.7. The number of aryl methyl sites for hydroxylation is 1. The van der Waals surface area contributed by atoms with Crippen LogP contribution in [0.1, 0.15) is 74.4 Å². The molecule has 0 radical (unpaired) electrons. The highest BCUT2D eigenvalue weighted by Crippen LogP contribution is 2.49. The fraction of sp³-hybridized carbons (Fsp3) is 0.628. The van der Waals surface area contributed by atoms with Crippen LogP contribution in [0.25, 0.3) is 0 Å². The molecule has 11 heteroatoms. The number of fused-ring (bicyclic) bond motifs is 5. The predicted molar refractivity (Wildman–Crippen MR) is 219 cm³/mol. The number of carbonyl (C=O) groups is 1. The third-order valence-corrected chi connectivity index (χ3v) is 16.2. The molecular weight excluding hydrogens is 720 g/mol. The highest BCUT2D eigenvalue weighted by Gasteiger charge is 2.50. The zero-order chi connectivity index (χ0) is 37.7. The SMILES string of the molecule is C=S1(=O)NC(=O)c2ccc3c(c2)N(C[C@@H]2CC[C@H]2[C@@](CN2CCN4CCOC[C@@H]4C2)(OCC)/C=C/C[C@H](C)[C@H]1C)C[C@@]1(CCCc2cc(Cl)ccc21)CO3. The minimum atomic E-state index is -2.96. The molecule has 1 saturated carbocycles. The molecule has 1 amide bonds. The number of carbonyl (C=O) groups excluding carboxylic acids is 1. The van der Waals surface area contributed by atoms with Crippen LogP contribution in [0.4, 0.5) is 5.69 Å². The van der Waals surface area contributed by atoms with E-state index in [0.29, 0.717) is 43.1 Å². The molecule has 3 fully saturated rings. The van der Waals surface area contributed by atoms with Gasteiger partial charge in [-0.25, -0.2) is 4.21 Å². The Kier molecular flexibility index (Phi) is 10.9. The lowest BCUT2D eigenvalue weighted by Crippen LogP contribution is -2.62. The summed E-state index contributed by atoms with van der Waals surface area (Å²) in [5.41, 5.74) is 3.30. The summed E-state index contributed by atoms with van der Waals surface area (Å²) in [4.78, 5) is 21.6. The summed E-state index contributed by atoms with van der Waals surface area (Å²) in [6.07, 6.45) is 10.6. The number of anilines is 1. The number of rotatable bonds is 4. The lowest BCUT2D eigenvalue weighted by atomic mass is 9.63. The van der Waals surface area contributed by atoms with E-state index < -0.39 is 15.3 Å². The van der Waals surface area contributed by atoms with Gasteiger partial charge in [0.2, 0.25) is 0 Å². The number of hydrogen-bond donors (Lipinski definition) is 1. The third-order valence-electron chi connectivity index (χ3n) is 13.8. The van der Waals surface area contributed by atoms with E-state index in [1.165, 1.54) is 11.1 Å². The molecule has 294 valence electrons. The molecular formula is C43H59ClN4O5S. The Morgan fingerprint density at radius 1 is 1.11 bits per heavy atom. The number of nitrogens with one attached hydrogen (secondary N) is 1. The summed E-state index contributed by atoms with van der Waals surface area (Å²) in [6, 6.07) is 12.5. The first kappa shape index (κ1) is 38.3. The first-order valence-electron chi connectivity index (χ1n) is 20.3. The van der Waals surface area contributed by atoms with Crippen molar-refractivity contribution in [2.75, 3.05) is 77.1 Å². The van der Waals surface area contributed by atoms with Crippen molar-refractivity contribution >= 4 is 38.8 Å². The molecule has 1 unspecified atom stereocenters. The van der Waals surface area contributed by atoms with Gasteiger partial charge < -0.3 is 19.1 Å². The fourth-order valence-electron chi connectivity index (χ4n) is 10.4. The average Bonchev–Trinajstić information content (AvgIpc) is 3.29. The van der Waals surface area contributed by atoms with Crippen LogP contribution in [0.3, 0.4) is 0 Å². The predicted octanol–water partition coefficient (Wildman–Crippen LogP) is 5.98. The summed E-state index contributed by atoms with van der Waals surface area (Å²) in [6.45, 7) is 15.4. The summed E-state index contributed by atoms with van der Waals surface area (Å²) >= 11 is 6.54. The Hall–Kier alpha value is -2.60. The molecule has 0 aromatic heterocycles. The number of morpholine rings is 1. The Morgan fingerprint density at radius 2 is 1.98 bits per heavy atom. The van der Waals surface area contributed by atoms with Crippen LogP contribution < -0.4 is 14.4 Å². The highest BCUT2D eigenvalue weighted by atomic mass is 35.5. The average molecular weight is 779 g/mol. The second kappa shape index (κ2) is 15.4. The van der Waals surface area contributed by atoms with Crippen molar-refractivity contribution < 1.29 is 23.2 Å². The standard InChI is InChI=1S/C43H59ClN4O5S/c1-5-53-43(28-46-18-19-47-20-21-51-26-36(47)25-46)17-6-8-30(2)31(3)54(4,50)45-41(49)33-11-15-40-39(23-33)48(24-34-10-13-38(34)43)27-42(29-52-40)16-7-9-32-22-35(44)12-14-37(32)42/h6,11-12,14-15,17,22-23,30-31,34,36,38H,4-5,7-10,13,16,18-21,24-29H2,1-3H3,(H,45,49,50)/b17-6+/t30-,31+,34-,36-,38+,42-,43+,54?/m0/s1. The maximum Gasteiger partial charge on any atom is 0.262 e. The Bertz CT molecular complexity index is 1860. The monoisotopic (exact) mass is 778 g/mol. The van der Waals surface area contributed by atoms with Gasteiger partial charge in [-0.15, -0.1) is 0 Å². The van der Waals surface area contributed by atoms with Crippen molar-refractivity contribution in [3.05, 3.63) is 70.3 Å². The number of amides is 1. The summed E-state index contributed by atoms with van der Waals surface area (Å²) in [5, 5.41) is 0.432. The van der Waals surface area contributed by atoms with Crippen LogP contribution in [0.15, 0.2) is 48.6 Å². The number of benzene rings is 2. The van der Waals surface area contributed by atoms with Crippen LogP contribution in [-0.2, 0) is 31.0 Å². The van der Waals surface area contributed by atoms with Crippen molar-refractivity contribution in [1.29, 1.82) is 0 Å². The topological polar surface area (TPSA) is 83.6 Å². The van der Waals surface area contributed by atoms with Gasteiger partial charge >= 0.3 is 0 Å². The Labute approximate surface area is 327 Å². The van der Waals surface area contributed by atoms with Gasteiger partial charge in [0.15, 0.2) is 0 Å². The quantitative estimate of drug-likeness (QED) is 0.300. The smallest absolute Gasteiger partial charge is 0.262 e. The van der Waals surface area contributed by atoms with Gasteiger partial charge in [0, 0.05) is 79.7 Å². The minimum Gasteiger partial charge on any atom is -0.490 e. The van der Waals surface area contributed by atoms with Gasteiger partial charge in [0.25, 0.3) is 5.91 Å². The Balaban J connectivity index is 1.20. The fourth-order valence-corrected chi connectivity index (χ4v) is 12.1. The molecule has 6 aliphatic rings. The van der Waals surface area contributed by atoms with E-state index in [-0.39, 0.29) is 22.5 Å². The largest absolute Gasteiger partial charge is 0.490 e. The molecule has 9 nitrogen and oxygen atoms in total. The van der Waals surface area contributed by atoms with E-state index in [9.17, 15) is 9.00 Å². The van der Waals surface area contributed by atoms with Crippen molar-refractivity contribution in [2.45, 2.75) is 81.6 Å². The van der Waals surface area contributed by atoms with E-state index in [1.54, 1.807) is 6.07 Å². The number of halogens is 1. The Morgan fingerprint density at radius 3 is 2.80 bits per heavy atom. The minimum absolute atomic E-state index is 0.0271. The second-order valence-electron chi connectivity index (χ2n) is 17.1. The summed E-state index contributed by atoms with van der Waals surface area (Å²) in [5.74, 6) is 5.22. The lowest BCUT2D eigenvalue weighted by Gasteiger charge is -2.53. The molecule has 4 heterocycles. The van der Waals surface area contributed by atoms with Crippen LogP contribution in [0.5, 0.6) is 5.75 Å². The number of ether oxygens (including phenoxy) is 3. The number of hydrogen-bond acceptors (Lipinski definition) is 8. The molecule has 2 aromatic carbocycles. The maximum absolute atomic E-state index is 14.1. The highest BCUT2D eigenvalue weighted by molar-refractivity contribution is 7.99. The molecule has 1 spiro atoms. The zero-order valence-electron chi connectivity index (χ0n) is 32.4. The molecule has 2 saturated heterocycles. The lowest BCUT2D eigenvalue weighted by molar-refractivity contribution is -0.121. The van der Waals surface area contributed by atoms with E-state index in [1.807, 2.05) is 25.1 Å². The first-order chi connectivity index (χ1) is 26.0. The van der Waals surface area contributed by atoms with Gasteiger partial charge in [-0.05, 0) is 117 Å². The van der Waals surface area contributed by atoms with Crippen molar-refractivity contribution in [2.24, 2.45) is 17.8 Å². The van der Waals surface area contributed by atoms with Gasteiger partial charge in [-0.2, -0.15) is 0 Å². The van der Waals surface area contributed by atoms with Gasteiger partial charge in [0.1, 0.15) is 11.4 Å². The van der Waals surface area contributed by atoms with E-state index in [4.69, 9.17) is 25.8 Å². The zero-order valence-corrected chi connectivity index (χ0v) is 34.0. The van der Waals surface area contributed by atoms with Crippen LogP contribution >= 0.6 is 11.6 Å². The van der Waals surface area contributed by atoms with Gasteiger partial charge in [0.05, 0.1) is 35.2 Å². The second-order valence-corrected chi connectivity index (χ2v) is 19.9. The number of allylic oxidation sites excluding steroid dienone is 1. The maximum atomic E-state index is 14.1. The van der Waals surface area contributed by atoms with E-state index in [0.717, 1.165) is 108 Å². The molecule has 2 aromatic rings. The van der Waals surface area contributed by atoms with Crippen molar-refractivity contribution in [1.82, 2.24) is 14.5 Å². The van der Waals surface area contributed by atoms with Crippen LogP contribution in [0.2, 0.25) is 5.02 Å². The molecule has 8 atom stereocenters. The molecule has 4 aliphatic heterocycles. The number of piperazine rings is 1. The number of nitrogens with zero attached hydrogens (tertiary/aromatic N) is 3. The molecule has 2 bridgehead atoms. The van der Waals surface area contributed by atoms with E-state index >= 15 is 0 Å². The molecule has 8 rings (SSSR count). The van der Waals surface area contributed by atoms with Gasteiger partial charge in [-0.3, -0.25) is 19.3 Å². The normalized spacial score (nSPS) is 36.8. The van der Waals surface area contributed by atoms with Crippen LogP contribution in [-0.4, -0.2) is 115 Å². The van der Waals surface area contributed by atoms with Crippen LogP contribution in [0, 0.1) is 17.8 Å². The van der Waals surface area contributed by atoms with E-state index in [2.05, 4.69) is 63.4 Å². The molecule has 1 N–H and O–H groups in total.